The first-order chi connectivity index (χ1) is 7.17. The molecule has 1 aromatic heterocycles. The van der Waals surface area contributed by atoms with Gasteiger partial charge in [0.15, 0.2) is 0 Å². The molecule has 15 heavy (non-hydrogen) atoms. The molecule has 4 heteroatoms. The molecule has 0 aliphatic rings. The molecule has 1 amide bonds. The summed E-state index contributed by atoms with van der Waals surface area (Å²) >= 11 is 0. The average molecular weight is 210 g/mol. The van der Waals surface area contributed by atoms with E-state index in [0.717, 1.165) is 19.0 Å². The topological polar surface area (TPSA) is 42.0 Å². The Kier molecular flexibility index (Phi) is 4.21. The fraction of sp³-hybridized carbons (Fsp3) is 0.455. The summed E-state index contributed by atoms with van der Waals surface area (Å²) in [5, 5.41) is 2.64. The zero-order valence-corrected chi connectivity index (χ0v) is 8.96. The van der Waals surface area contributed by atoms with Crippen LogP contribution >= 0.6 is 0 Å². The highest BCUT2D eigenvalue weighted by Gasteiger charge is 2.14. The number of hydrogen-bond acceptors (Lipinski definition) is 2. The van der Waals surface area contributed by atoms with Crippen LogP contribution < -0.4 is 5.32 Å². The van der Waals surface area contributed by atoms with Gasteiger partial charge in [-0.05, 0) is 12.8 Å². The van der Waals surface area contributed by atoms with Gasteiger partial charge in [-0.15, -0.1) is 0 Å². The van der Waals surface area contributed by atoms with Crippen LogP contribution in [-0.4, -0.2) is 10.9 Å². The fourth-order valence-corrected chi connectivity index (χ4v) is 1.38. The molecular weight excluding hydrogens is 195 g/mol. The lowest BCUT2D eigenvalue weighted by Crippen LogP contribution is -2.21. The third-order valence-electron chi connectivity index (χ3n) is 2.33. The zero-order chi connectivity index (χ0) is 11.3. The van der Waals surface area contributed by atoms with Crippen molar-refractivity contribution in [3.63, 3.8) is 0 Å². The van der Waals surface area contributed by atoms with Crippen molar-refractivity contribution in [2.75, 3.05) is 5.32 Å². The van der Waals surface area contributed by atoms with Gasteiger partial charge in [-0.3, -0.25) is 9.78 Å². The van der Waals surface area contributed by atoms with Crippen LogP contribution in [0, 0.1) is 11.7 Å². The summed E-state index contributed by atoms with van der Waals surface area (Å²) in [6, 6.07) is 1.26. The highest BCUT2D eigenvalue weighted by molar-refractivity contribution is 5.92. The Morgan fingerprint density at radius 2 is 2.13 bits per heavy atom. The zero-order valence-electron chi connectivity index (χ0n) is 8.96. The minimum atomic E-state index is -0.447. The van der Waals surface area contributed by atoms with Gasteiger partial charge in [0, 0.05) is 12.0 Å². The molecule has 1 rings (SSSR count). The van der Waals surface area contributed by atoms with Crippen LogP contribution in [-0.2, 0) is 4.79 Å². The SMILES string of the molecule is CCC(CC)C(=O)Nc1cncc(F)c1. The molecule has 0 atom stereocenters. The van der Waals surface area contributed by atoms with E-state index in [4.69, 9.17) is 0 Å². The van der Waals surface area contributed by atoms with E-state index in [9.17, 15) is 9.18 Å². The van der Waals surface area contributed by atoms with Gasteiger partial charge < -0.3 is 5.32 Å². The maximum atomic E-state index is 12.8. The number of hydrogen-bond donors (Lipinski definition) is 1. The molecule has 82 valence electrons. The number of nitrogens with zero attached hydrogens (tertiary/aromatic N) is 1. The molecule has 0 aliphatic heterocycles. The second-order valence-corrected chi connectivity index (χ2v) is 3.39. The molecule has 0 saturated heterocycles. The molecule has 0 fully saturated rings. The van der Waals surface area contributed by atoms with Crippen molar-refractivity contribution in [2.45, 2.75) is 26.7 Å². The van der Waals surface area contributed by atoms with Gasteiger partial charge in [0.1, 0.15) is 5.82 Å². The molecule has 3 nitrogen and oxygen atoms in total. The normalized spacial score (nSPS) is 10.4. The van der Waals surface area contributed by atoms with E-state index >= 15 is 0 Å². The maximum absolute atomic E-state index is 12.8. The van der Waals surface area contributed by atoms with Crippen molar-refractivity contribution < 1.29 is 9.18 Å². The number of nitrogens with one attached hydrogen (secondary N) is 1. The number of anilines is 1. The second kappa shape index (κ2) is 5.44. The molecule has 1 N–H and O–H groups in total. The minimum Gasteiger partial charge on any atom is -0.324 e. The summed E-state index contributed by atoms with van der Waals surface area (Å²) in [7, 11) is 0. The second-order valence-electron chi connectivity index (χ2n) is 3.39. The molecule has 1 aromatic rings. The Morgan fingerprint density at radius 1 is 1.47 bits per heavy atom. The number of carbonyl (C=O) groups is 1. The molecular formula is C11H15FN2O. The molecule has 0 unspecified atom stereocenters. The van der Waals surface area contributed by atoms with Crippen LogP contribution in [0.2, 0.25) is 0 Å². The summed E-state index contributed by atoms with van der Waals surface area (Å²) in [5.74, 6) is -0.544. The molecule has 0 radical (unpaired) electrons. The van der Waals surface area contributed by atoms with Gasteiger partial charge in [-0.2, -0.15) is 0 Å². The number of amides is 1. The Hall–Kier alpha value is -1.45. The summed E-state index contributed by atoms with van der Waals surface area (Å²) in [5.41, 5.74) is 0.409. The first-order valence-electron chi connectivity index (χ1n) is 5.08. The number of carbonyl (C=O) groups excluding carboxylic acids is 1. The van der Waals surface area contributed by atoms with Gasteiger partial charge in [0.2, 0.25) is 5.91 Å². The van der Waals surface area contributed by atoms with Crippen LogP contribution in [0.25, 0.3) is 0 Å². The number of aromatic nitrogens is 1. The van der Waals surface area contributed by atoms with Crippen molar-refractivity contribution in [1.82, 2.24) is 4.98 Å². The fourth-order valence-electron chi connectivity index (χ4n) is 1.38. The average Bonchev–Trinajstić information content (AvgIpc) is 2.19. The highest BCUT2D eigenvalue weighted by Crippen LogP contribution is 2.12. The number of rotatable bonds is 4. The largest absolute Gasteiger partial charge is 0.324 e. The van der Waals surface area contributed by atoms with Gasteiger partial charge in [0.05, 0.1) is 18.1 Å². The molecule has 0 saturated carbocycles. The molecule has 0 aliphatic carbocycles. The Balaban J connectivity index is 2.65. The third kappa shape index (κ3) is 3.31. The van der Waals surface area contributed by atoms with Gasteiger partial charge in [0.25, 0.3) is 0 Å². The van der Waals surface area contributed by atoms with E-state index in [-0.39, 0.29) is 11.8 Å². The van der Waals surface area contributed by atoms with E-state index in [1.54, 1.807) is 0 Å². The van der Waals surface area contributed by atoms with Crippen molar-refractivity contribution in [2.24, 2.45) is 5.92 Å². The summed E-state index contributed by atoms with van der Waals surface area (Å²) in [6.07, 6.45) is 4.10. The Labute approximate surface area is 88.7 Å². The summed E-state index contributed by atoms with van der Waals surface area (Å²) in [6.45, 7) is 3.91. The lowest BCUT2D eigenvalue weighted by molar-refractivity contribution is -0.120. The first kappa shape index (κ1) is 11.6. The van der Waals surface area contributed by atoms with Crippen molar-refractivity contribution in [3.05, 3.63) is 24.3 Å². The van der Waals surface area contributed by atoms with E-state index in [1.807, 2.05) is 13.8 Å². The van der Waals surface area contributed by atoms with Crippen LogP contribution in [0.4, 0.5) is 10.1 Å². The van der Waals surface area contributed by atoms with Crippen molar-refractivity contribution >= 4 is 11.6 Å². The monoisotopic (exact) mass is 210 g/mol. The van der Waals surface area contributed by atoms with E-state index in [1.165, 1.54) is 12.3 Å². The van der Waals surface area contributed by atoms with Crippen molar-refractivity contribution in [1.29, 1.82) is 0 Å². The smallest absolute Gasteiger partial charge is 0.227 e. The number of pyridine rings is 1. The highest BCUT2D eigenvalue weighted by atomic mass is 19.1. The summed E-state index contributed by atoms with van der Waals surface area (Å²) in [4.78, 5) is 15.3. The van der Waals surface area contributed by atoms with E-state index in [0.29, 0.717) is 5.69 Å². The van der Waals surface area contributed by atoms with Crippen LogP contribution in [0.5, 0.6) is 0 Å². The number of halogens is 1. The Bertz CT molecular complexity index is 337. The summed E-state index contributed by atoms with van der Waals surface area (Å²) < 4.78 is 12.8. The predicted octanol–water partition coefficient (Wildman–Crippen LogP) is 2.60. The van der Waals surface area contributed by atoms with E-state index < -0.39 is 5.82 Å². The predicted molar refractivity (Wildman–Crippen MR) is 56.9 cm³/mol. The van der Waals surface area contributed by atoms with Gasteiger partial charge in [-0.1, -0.05) is 13.8 Å². The lowest BCUT2D eigenvalue weighted by atomic mass is 10.0. The van der Waals surface area contributed by atoms with Crippen molar-refractivity contribution in [3.8, 4) is 0 Å². The quantitative estimate of drug-likeness (QED) is 0.829. The standard InChI is InChI=1S/C11H15FN2O/c1-3-8(4-2)11(15)14-10-5-9(12)6-13-7-10/h5-8H,3-4H2,1-2H3,(H,14,15). The van der Waals surface area contributed by atoms with Crippen LogP contribution in [0.15, 0.2) is 18.5 Å². The molecule has 0 bridgehead atoms. The van der Waals surface area contributed by atoms with Gasteiger partial charge >= 0.3 is 0 Å². The molecule has 0 spiro atoms. The van der Waals surface area contributed by atoms with Crippen LogP contribution in [0.3, 0.4) is 0 Å². The molecule has 0 aromatic carbocycles. The Morgan fingerprint density at radius 3 is 2.67 bits per heavy atom. The third-order valence-corrected chi connectivity index (χ3v) is 2.33. The maximum Gasteiger partial charge on any atom is 0.227 e. The van der Waals surface area contributed by atoms with E-state index in [2.05, 4.69) is 10.3 Å². The molecule has 1 heterocycles. The lowest BCUT2D eigenvalue weighted by Gasteiger charge is -2.12. The first-order valence-corrected chi connectivity index (χ1v) is 5.08. The van der Waals surface area contributed by atoms with Crippen LogP contribution in [0.1, 0.15) is 26.7 Å². The minimum absolute atomic E-state index is 0.0201. The van der Waals surface area contributed by atoms with Gasteiger partial charge in [-0.25, -0.2) is 4.39 Å².